The minimum Gasteiger partial charge on any atom is -0.493 e. The average Bonchev–Trinajstić information content (AvgIpc) is 2.81. The van der Waals surface area contributed by atoms with E-state index in [1.807, 2.05) is 0 Å². The molecule has 3 aromatic rings. The van der Waals surface area contributed by atoms with E-state index in [1.54, 1.807) is 28.4 Å². The lowest BCUT2D eigenvalue weighted by Gasteiger charge is -2.35. The number of hydrogen-bond acceptors (Lipinski definition) is 5. The predicted octanol–water partition coefficient (Wildman–Crippen LogP) is 5.18. The zero-order valence-corrected chi connectivity index (χ0v) is 18.8. The maximum absolute atomic E-state index is 5.64. The number of hydrogen-bond donors (Lipinski definition) is 0. The molecule has 0 amide bonds. The van der Waals surface area contributed by atoms with Crippen molar-refractivity contribution < 1.29 is 18.9 Å². The SMILES string of the molecule is CCC(C)N1CCc2c(c3cc(OC)c(OC)cc3c3cc(OC)c(OC)cc23)C1. The normalized spacial score (nSPS) is 15.1. The van der Waals surface area contributed by atoms with Crippen LogP contribution >= 0.6 is 0 Å². The van der Waals surface area contributed by atoms with Crippen molar-refractivity contribution >= 4 is 21.5 Å². The summed E-state index contributed by atoms with van der Waals surface area (Å²) < 4.78 is 22.5. The summed E-state index contributed by atoms with van der Waals surface area (Å²) in [6.45, 7) is 6.56. The fourth-order valence-electron chi connectivity index (χ4n) is 4.67. The van der Waals surface area contributed by atoms with E-state index in [-0.39, 0.29) is 0 Å². The summed E-state index contributed by atoms with van der Waals surface area (Å²) in [5.41, 5.74) is 2.77. The Hall–Kier alpha value is -2.66. The Balaban J connectivity index is 2.09. The Labute approximate surface area is 178 Å². The third-order valence-electron chi connectivity index (χ3n) is 6.58. The highest BCUT2D eigenvalue weighted by Gasteiger charge is 2.26. The maximum Gasteiger partial charge on any atom is 0.161 e. The molecule has 0 N–H and O–H groups in total. The first-order chi connectivity index (χ1) is 14.6. The lowest BCUT2D eigenvalue weighted by Crippen LogP contribution is -2.37. The highest BCUT2D eigenvalue weighted by atomic mass is 16.5. The molecule has 1 unspecified atom stereocenters. The van der Waals surface area contributed by atoms with Crippen molar-refractivity contribution in [3.63, 3.8) is 0 Å². The van der Waals surface area contributed by atoms with Gasteiger partial charge in [0.1, 0.15) is 0 Å². The van der Waals surface area contributed by atoms with Crippen LogP contribution in [0.5, 0.6) is 23.0 Å². The molecule has 0 fully saturated rings. The van der Waals surface area contributed by atoms with Crippen molar-refractivity contribution in [2.24, 2.45) is 0 Å². The Morgan fingerprint density at radius 3 is 1.60 bits per heavy atom. The van der Waals surface area contributed by atoms with E-state index in [0.717, 1.165) is 59.7 Å². The topological polar surface area (TPSA) is 40.2 Å². The van der Waals surface area contributed by atoms with Crippen molar-refractivity contribution in [3.8, 4) is 23.0 Å². The summed E-state index contributed by atoms with van der Waals surface area (Å²) in [6, 6.07) is 8.98. The highest BCUT2D eigenvalue weighted by molar-refractivity contribution is 6.12. The molecule has 3 aromatic carbocycles. The molecule has 0 bridgehead atoms. The van der Waals surface area contributed by atoms with Gasteiger partial charge in [-0.05, 0) is 76.7 Å². The molecule has 1 atom stereocenters. The Bertz CT molecular complexity index is 1090. The average molecular weight is 410 g/mol. The summed E-state index contributed by atoms with van der Waals surface area (Å²) in [7, 11) is 6.74. The van der Waals surface area contributed by atoms with Gasteiger partial charge in [-0.2, -0.15) is 0 Å². The number of benzene rings is 3. The van der Waals surface area contributed by atoms with E-state index in [9.17, 15) is 0 Å². The zero-order valence-electron chi connectivity index (χ0n) is 18.8. The summed E-state index contributed by atoms with van der Waals surface area (Å²) in [5.74, 6) is 2.98. The predicted molar refractivity (Wildman–Crippen MR) is 122 cm³/mol. The van der Waals surface area contributed by atoms with Crippen molar-refractivity contribution in [2.75, 3.05) is 35.0 Å². The fourth-order valence-corrected chi connectivity index (χ4v) is 4.67. The summed E-state index contributed by atoms with van der Waals surface area (Å²) in [4.78, 5) is 2.57. The maximum atomic E-state index is 5.64. The quantitative estimate of drug-likeness (QED) is 0.525. The minimum atomic E-state index is 0.550. The van der Waals surface area contributed by atoms with Gasteiger partial charge in [0, 0.05) is 19.1 Å². The van der Waals surface area contributed by atoms with Crippen LogP contribution in [0.2, 0.25) is 0 Å². The Morgan fingerprint density at radius 2 is 1.17 bits per heavy atom. The van der Waals surface area contributed by atoms with Crippen molar-refractivity contribution in [3.05, 3.63) is 35.4 Å². The first kappa shape index (κ1) is 20.6. The first-order valence-electron chi connectivity index (χ1n) is 10.5. The number of rotatable bonds is 6. The molecular formula is C25H31NO4. The summed E-state index contributed by atoms with van der Waals surface area (Å²) in [5, 5.41) is 4.74. The van der Waals surface area contributed by atoms with Gasteiger partial charge in [-0.1, -0.05) is 6.92 Å². The van der Waals surface area contributed by atoms with Crippen LogP contribution in [-0.4, -0.2) is 45.9 Å². The second kappa shape index (κ2) is 8.23. The first-order valence-corrected chi connectivity index (χ1v) is 10.5. The van der Waals surface area contributed by atoms with E-state index in [1.165, 1.54) is 21.9 Å². The van der Waals surface area contributed by atoms with Crippen LogP contribution in [-0.2, 0) is 13.0 Å². The number of nitrogens with zero attached hydrogens (tertiary/aromatic N) is 1. The van der Waals surface area contributed by atoms with Crippen LogP contribution in [0.25, 0.3) is 21.5 Å². The molecule has 30 heavy (non-hydrogen) atoms. The van der Waals surface area contributed by atoms with Gasteiger partial charge in [-0.25, -0.2) is 0 Å². The molecule has 0 radical (unpaired) electrons. The van der Waals surface area contributed by atoms with Gasteiger partial charge in [-0.3, -0.25) is 4.90 Å². The van der Waals surface area contributed by atoms with E-state index in [0.29, 0.717) is 6.04 Å². The molecule has 160 valence electrons. The van der Waals surface area contributed by atoms with Crippen molar-refractivity contribution in [1.82, 2.24) is 4.90 Å². The van der Waals surface area contributed by atoms with Gasteiger partial charge in [0.05, 0.1) is 28.4 Å². The van der Waals surface area contributed by atoms with Gasteiger partial charge in [0.25, 0.3) is 0 Å². The van der Waals surface area contributed by atoms with E-state index < -0.39 is 0 Å². The largest absolute Gasteiger partial charge is 0.493 e. The molecule has 4 rings (SSSR count). The molecule has 1 aliphatic heterocycles. The molecule has 0 saturated carbocycles. The number of fused-ring (bicyclic) bond motifs is 6. The van der Waals surface area contributed by atoms with Crippen LogP contribution < -0.4 is 18.9 Å². The molecule has 0 aromatic heterocycles. The molecule has 1 aliphatic rings. The Kier molecular flexibility index (Phi) is 5.65. The summed E-state index contributed by atoms with van der Waals surface area (Å²) in [6.07, 6.45) is 2.15. The Morgan fingerprint density at radius 1 is 0.733 bits per heavy atom. The smallest absolute Gasteiger partial charge is 0.161 e. The molecule has 0 saturated heterocycles. The highest BCUT2D eigenvalue weighted by Crippen LogP contribution is 2.44. The van der Waals surface area contributed by atoms with Gasteiger partial charge < -0.3 is 18.9 Å². The zero-order chi connectivity index (χ0) is 21.4. The standard InChI is InChI=1S/C25H31NO4/c1-7-15(2)26-9-8-16-17-10-22(27-3)23(28-4)11-18(17)19-12-24(29-5)25(30-6)13-20(19)21(16)14-26/h10-13,15H,7-9,14H2,1-6H3. The molecule has 5 heteroatoms. The van der Waals surface area contributed by atoms with E-state index in [2.05, 4.69) is 43.0 Å². The van der Waals surface area contributed by atoms with E-state index >= 15 is 0 Å². The molecule has 5 nitrogen and oxygen atoms in total. The number of methoxy groups -OCH3 is 4. The second-order valence-electron chi connectivity index (χ2n) is 7.94. The van der Waals surface area contributed by atoms with Crippen molar-refractivity contribution in [1.29, 1.82) is 0 Å². The second-order valence-corrected chi connectivity index (χ2v) is 7.94. The van der Waals surface area contributed by atoms with Gasteiger partial charge in [-0.15, -0.1) is 0 Å². The fraction of sp³-hybridized carbons (Fsp3) is 0.440. The van der Waals surface area contributed by atoms with Gasteiger partial charge >= 0.3 is 0 Å². The summed E-state index contributed by atoms with van der Waals surface area (Å²) >= 11 is 0. The van der Waals surface area contributed by atoms with Crippen LogP contribution in [0.1, 0.15) is 31.4 Å². The van der Waals surface area contributed by atoms with Crippen LogP contribution in [0.15, 0.2) is 24.3 Å². The molecule has 1 heterocycles. The van der Waals surface area contributed by atoms with Crippen LogP contribution in [0.4, 0.5) is 0 Å². The van der Waals surface area contributed by atoms with Crippen molar-refractivity contribution in [2.45, 2.75) is 39.3 Å². The van der Waals surface area contributed by atoms with Crippen LogP contribution in [0.3, 0.4) is 0 Å². The van der Waals surface area contributed by atoms with Gasteiger partial charge in [0.2, 0.25) is 0 Å². The number of ether oxygens (including phenoxy) is 4. The third-order valence-corrected chi connectivity index (χ3v) is 6.58. The molecule has 0 aliphatic carbocycles. The van der Waals surface area contributed by atoms with Crippen LogP contribution in [0, 0.1) is 0 Å². The van der Waals surface area contributed by atoms with E-state index in [4.69, 9.17) is 18.9 Å². The third kappa shape index (κ3) is 3.21. The van der Waals surface area contributed by atoms with Gasteiger partial charge in [0.15, 0.2) is 23.0 Å². The molecule has 0 spiro atoms. The lowest BCUT2D eigenvalue weighted by atomic mass is 9.86. The lowest BCUT2D eigenvalue weighted by molar-refractivity contribution is 0.188. The monoisotopic (exact) mass is 409 g/mol. The minimum absolute atomic E-state index is 0.550. The molecular weight excluding hydrogens is 378 g/mol.